The van der Waals surface area contributed by atoms with Crippen LogP contribution in [0, 0.1) is 40.9 Å². The fourth-order valence-corrected chi connectivity index (χ4v) is 23.8. The number of rotatable bonds is 5. The molecule has 0 radical (unpaired) electrons. The van der Waals surface area contributed by atoms with Gasteiger partial charge in [-0.3, -0.25) is 4.79 Å². The predicted octanol–water partition coefficient (Wildman–Crippen LogP) is 12.6. The molecule has 0 amide bonds. The van der Waals surface area contributed by atoms with Crippen LogP contribution in [0.1, 0.15) is 154 Å². The van der Waals surface area contributed by atoms with E-state index in [1.807, 2.05) is 66.8 Å². The van der Waals surface area contributed by atoms with Crippen molar-refractivity contribution in [2.75, 3.05) is 7.11 Å². The smallest absolute Gasteiger partial charge is 0.305 e. The number of hydrogen-bond donors (Lipinski definition) is 0. The molecule has 62 heavy (non-hydrogen) atoms. The first-order chi connectivity index (χ1) is 30.7. The van der Waals surface area contributed by atoms with Crippen molar-refractivity contribution in [3.8, 4) is 0 Å². The Morgan fingerprint density at radius 2 is 1.63 bits per heavy atom. The van der Waals surface area contributed by atoms with Crippen LogP contribution >= 0.6 is 0 Å². The SMILES string of the molecule is COC(=O)CCCC1(c2ccccc2)C23c4c5c6c7c8c9c%10c%11c%12c%13c%14cc%15c%16c(c2c(c48)c%10c%13%16)C2C%15C=CC4C8CCC(C5=C8C13C42)C6CC1CC2CC(=C%11C9=C2C71)CC%12C%14. The van der Waals surface area contributed by atoms with E-state index in [0.717, 1.165) is 24.7 Å². The second-order valence-corrected chi connectivity index (χ2v) is 24.2. The van der Waals surface area contributed by atoms with Crippen LogP contribution in [0.4, 0.5) is 0 Å². The summed E-state index contributed by atoms with van der Waals surface area (Å²) in [5.41, 5.74) is 32.8. The van der Waals surface area contributed by atoms with Gasteiger partial charge < -0.3 is 4.74 Å². The number of hydrogen-bond acceptors (Lipinski definition) is 2. The van der Waals surface area contributed by atoms with E-state index in [1.165, 1.54) is 44.9 Å². The van der Waals surface area contributed by atoms with Gasteiger partial charge in [0.2, 0.25) is 0 Å². The van der Waals surface area contributed by atoms with Gasteiger partial charge in [-0.15, -0.1) is 0 Å². The van der Waals surface area contributed by atoms with E-state index in [-0.39, 0.29) is 22.2 Å². The number of allylic oxidation sites excluding steroid dienone is 8. The summed E-state index contributed by atoms with van der Waals surface area (Å²) in [6.07, 6.45) is 17.7. The molecule has 22 rings (SSSR count). The van der Waals surface area contributed by atoms with Crippen LogP contribution in [0.15, 0.2) is 65.3 Å². The second kappa shape index (κ2) is 7.96. The maximum Gasteiger partial charge on any atom is 0.305 e. The van der Waals surface area contributed by atoms with Gasteiger partial charge in [0.1, 0.15) is 0 Å². The van der Waals surface area contributed by atoms with E-state index >= 15 is 0 Å². The van der Waals surface area contributed by atoms with Crippen LogP contribution in [-0.4, -0.2) is 13.1 Å². The number of esters is 1. The Kier molecular flexibility index (Phi) is 3.78. The molecule has 2 nitrogen and oxygen atoms in total. The Bertz CT molecular complexity index is 3790. The number of benzene rings is 6. The molecule has 14 unspecified atom stereocenters. The van der Waals surface area contributed by atoms with E-state index in [0.29, 0.717) is 59.7 Å². The van der Waals surface area contributed by atoms with Crippen LogP contribution in [-0.2, 0) is 26.8 Å². The standard InChI is InChI=1S/C60H42O2/c1-62-32(61)8-5-13-58(25-6-3-2-4-7-25)59-54-28-11-9-26-30-18-23-16-20-14-22-15-21-17-24-19-31-27-10-12-29(28)55(59)41(27)51-39(31)45-36(24)34(21)43-37(22)42-33(20)35(23)44-38(30)50(40(26)54)56-52-48(44)46(42)47(43)49(45)53(52)57(51)60(56,58)59/h2-4,6-7,9,11,18,20-21,24,26-29,31,36,40,54H,5,8,10,12-17,19H2,1H3. The Labute approximate surface area is 358 Å². The quantitative estimate of drug-likeness (QED) is 0.0752. The van der Waals surface area contributed by atoms with Gasteiger partial charge in [-0.05, 0) is 238 Å². The first-order valence-corrected chi connectivity index (χ1v) is 25.1. The fourth-order valence-electron chi connectivity index (χ4n) is 23.8. The predicted molar refractivity (Wildman–Crippen MR) is 241 cm³/mol. The van der Waals surface area contributed by atoms with E-state index in [9.17, 15) is 4.79 Å². The van der Waals surface area contributed by atoms with Gasteiger partial charge >= 0.3 is 5.97 Å². The van der Waals surface area contributed by atoms with Crippen molar-refractivity contribution in [1.29, 1.82) is 0 Å². The van der Waals surface area contributed by atoms with Crippen molar-refractivity contribution in [1.82, 2.24) is 0 Å². The molecule has 3 fully saturated rings. The molecule has 0 aromatic heterocycles. The van der Waals surface area contributed by atoms with E-state index in [2.05, 4.69) is 48.6 Å². The van der Waals surface area contributed by atoms with Gasteiger partial charge in [-0.2, -0.15) is 0 Å². The summed E-state index contributed by atoms with van der Waals surface area (Å²) in [4.78, 5) is 13.3. The lowest BCUT2D eigenvalue weighted by Gasteiger charge is -2.46. The van der Waals surface area contributed by atoms with Gasteiger partial charge in [-0.25, -0.2) is 0 Å². The van der Waals surface area contributed by atoms with Gasteiger partial charge in [0, 0.05) is 34.5 Å². The Hall–Kier alpha value is -4.95. The normalized spacial score (nSPS) is 42.8. The number of carbonyl (C=O) groups is 1. The Balaban J connectivity index is 1.07. The molecule has 2 heteroatoms. The summed E-state index contributed by atoms with van der Waals surface area (Å²) in [6, 6.07) is 15.1. The maximum absolute atomic E-state index is 13.3. The zero-order valence-corrected chi connectivity index (χ0v) is 34.9. The minimum Gasteiger partial charge on any atom is -0.469 e. The van der Waals surface area contributed by atoms with Crippen molar-refractivity contribution < 1.29 is 9.53 Å². The minimum atomic E-state index is -0.0933. The molecular weight excluding hydrogens is 753 g/mol. The molecule has 0 saturated heterocycles. The molecule has 6 aromatic carbocycles. The number of fused-ring (bicyclic) bond motifs is 3. The third-order valence-corrected chi connectivity index (χ3v) is 23.8. The fraction of sp³-hybridized carbons (Fsp3) is 0.417. The van der Waals surface area contributed by atoms with Crippen molar-refractivity contribution in [3.05, 3.63) is 132 Å². The minimum absolute atomic E-state index is 0.0382. The van der Waals surface area contributed by atoms with Gasteiger partial charge in [0.15, 0.2) is 0 Å². The lowest BCUT2D eigenvalue weighted by Crippen LogP contribution is -2.39. The highest BCUT2D eigenvalue weighted by Crippen LogP contribution is 3.01. The van der Waals surface area contributed by atoms with Gasteiger partial charge in [0.25, 0.3) is 0 Å². The lowest BCUT2D eigenvalue weighted by molar-refractivity contribution is -0.140. The Morgan fingerprint density at radius 3 is 2.55 bits per heavy atom. The summed E-state index contributed by atoms with van der Waals surface area (Å²) in [6.45, 7) is 0. The molecule has 6 aromatic rings. The first kappa shape index (κ1) is 29.4. The molecule has 0 bridgehead atoms. The molecule has 14 atom stereocenters. The monoisotopic (exact) mass is 794 g/mol. The third-order valence-electron chi connectivity index (χ3n) is 23.8. The van der Waals surface area contributed by atoms with Crippen molar-refractivity contribution in [3.63, 3.8) is 0 Å². The van der Waals surface area contributed by atoms with Crippen LogP contribution in [0.5, 0.6) is 0 Å². The summed E-state index contributed by atoms with van der Waals surface area (Å²) < 4.78 is 5.45. The van der Waals surface area contributed by atoms with Gasteiger partial charge in [-0.1, -0.05) is 65.3 Å². The topological polar surface area (TPSA) is 26.3 Å². The Morgan fingerprint density at radius 1 is 0.758 bits per heavy atom. The summed E-state index contributed by atoms with van der Waals surface area (Å²) in [5.74, 6) is 6.99. The largest absolute Gasteiger partial charge is 0.469 e. The molecule has 294 valence electrons. The van der Waals surface area contributed by atoms with E-state index in [4.69, 9.17) is 4.74 Å². The molecule has 0 heterocycles. The highest BCUT2D eigenvalue weighted by atomic mass is 16.5. The molecule has 16 aliphatic rings. The molecule has 0 N–H and O–H groups in total. The second-order valence-electron chi connectivity index (χ2n) is 24.2. The van der Waals surface area contributed by atoms with Crippen molar-refractivity contribution in [2.24, 2.45) is 40.9 Å². The van der Waals surface area contributed by atoms with E-state index < -0.39 is 0 Å². The van der Waals surface area contributed by atoms with Crippen LogP contribution in [0.2, 0.25) is 0 Å². The van der Waals surface area contributed by atoms with Gasteiger partial charge in [0.05, 0.1) is 7.11 Å². The molecule has 2 spiro atoms. The maximum atomic E-state index is 13.3. The highest BCUT2D eigenvalue weighted by molar-refractivity contribution is 6.45. The average Bonchev–Trinajstić information content (AvgIpc) is 4.05. The third kappa shape index (κ3) is 2.10. The first-order valence-electron chi connectivity index (χ1n) is 25.1. The number of ether oxygens (including phenoxy) is 1. The summed E-state index contributed by atoms with van der Waals surface area (Å²) >= 11 is 0. The van der Waals surface area contributed by atoms with Crippen LogP contribution in [0.25, 0.3) is 59.8 Å². The van der Waals surface area contributed by atoms with Crippen LogP contribution < -0.4 is 0 Å². The molecular formula is C60H42O2. The zero-order chi connectivity index (χ0) is 38.9. The highest BCUT2D eigenvalue weighted by Gasteiger charge is 2.98. The number of carbonyl (C=O) groups excluding carboxylic acids is 1. The lowest BCUT2D eigenvalue weighted by atomic mass is 9.56. The molecule has 3 saturated carbocycles. The van der Waals surface area contributed by atoms with E-state index in [1.54, 1.807) is 83.6 Å². The van der Waals surface area contributed by atoms with Crippen LogP contribution in [0.3, 0.4) is 0 Å². The zero-order valence-electron chi connectivity index (χ0n) is 34.9. The molecule has 16 aliphatic carbocycles. The summed E-state index contributed by atoms with van der Waals surface area (Å²) in [7, 11) is 1.60. The average molecular weight is 795 g/mol. The summed E-state index contributed by atoms with van der Waals surface area (Å²) in [5, 5.41) is 14.1. The number of methoxy groups -OCH3 is 1. The molecule has 0 aliphatic heterocycles. The van der Waals surface area contributed by atoms with Crippen molar-refractivity contribution >= 4 is 65.8 Å². The van der Waals surface area contributed by atoms with Crippen molar-refractivity contribution in [2.45, 2.75) is 105 Å².